The van der Waals surface area contributed by atoms with E-state index in [1.807, 2.05) is 6.07 Å². The molecular formula is C13H7BrO3. The van der Waals surface area contributed by atoms with Crippen molar-refractivity contribution >= 4 is 37.9 Å². The Balaban J connectivity index is 2.62. The Kier molecular flexibility index (Phi) is 2.19. The topological polar surface area (TPSA) is 50.4 Å². The van der Waals surface area contributed by atoms with Crippen LogP contribution in [-0.4, -0.2) is 5.11 Å². The fourth-order valence-corrected chi connectivity index (χ4v) is 2.28. The van der Waals surface area contributed by atoms with Crippen LogP contribution in [0.2, 0.25) is 0 Å². The quantitative estimate of drug-likeness (QED) is 0.646. The summed E-state index contributed by atoms with van der Waals surface area (Å²) in [4.78, 5) is 12.2. The maximum Gasteiger partial charge on any atom is 0.200 e. The van der Waals surface area contributed by atoms with Crippen molar-refractivity contribution in [3.8, 4) is 5.75 Å². The number of hydrogen-bond acceptors (Lipinski definition) is 3. The minimum atomic E-state index is -0.140. The summed E-state index contributed by atoms with van der Waals surface area (Å²) in [6.07, 6.45) is 0. The molecule has 84 valence electrons. The number of benzene rings is 2. The van der Waals surface area contributed by atoms with Gasteiger partial charge in [0, 0.05) is 0 Å². The molecule has 0 atom stereocenters. The van der Waals surface area contributed by atoms with Crippen molar-refractivity contribution < 1.29 is 9.52 Å². The van der Waals surface area contributed by atoms with E-state index in [1.165, 1.54) is 12.1 Å². The Morgan fingerprint density at radius 2 is 1.94 bits per heavy atom. The maximum absolute atomic E-state index is 12.2. The lowest BCUT2D eigenvalue weighted by Gasteiger charge is -2.02. The monoisotopic (exact) mass is 290 g/mol. The van der Waals surface area contributed by atoms with Gasteiger partial charge in [-0.25, -0.2) is 0 Å². The molecule has 3 nitrogen and oxygen atoms in total. The van der Waals surface area contributed by atoms with E-state index in [0.29, 0.717) is 21.9 Å². The van der Waals surface area contributed by atoms with Gasteiger partial charge in [-0.05, 0) is 46.3 Å². The van der Waals surface area contributed by atoms with Gasteiger partial charge < -0.3 is 9.52 Å². The highest BCUT2D eigenvalue weighted by Gasteiger charge is 2.09. The number of phenols is 1. The van der Waals surface area contributed by atoms with Gasteiger partial charge in [-0.1, -0.05) is 6.07 Å². The van der Waals surface area contributed by atoms with Crippen LogP contribution in [0.1, 0.15) is 0 Å². The van der Waals surface area contributed by atoms with Gasteiger partial charge in [0.05, 0.1) is 15.2 Å². The van der Waals surface area contributed by atoms with E-state index in [2.05, 4.69) is 15.9 Å². The predicted octanol–water partition coefficient (Wildman–Crippen LogP) is 3.41. The first-order valence-corrected chi connectivity index (χ1v) is 5.80. The van der Waals surface area contributed by atoms with Crippen LogP contribution < -0.4 is 5.43 Å². The van der Waals surface area contributed by atoms with Gasteiger partial charge in [-0.3, -0.25) is 4.79 Å². The van der Waals surface area contributed by atoms with Gasteiger partial charge in [0.1, 0.15) is 11.3 Å². The van der Waals surface area contributed by atoms with Crippen molar-refractivity contribution in [3.63, 3.8) is 0 Å². The summed E-state index contributed by atoms with van der Waals surface area (Å²) in [5.74, 6) is 0.0548. The summed E-state index contributed by atoms with van der Waals surface area (Å²) < 4.78 is 6.39. The van der Waals surface area contributed by atoms with Crippen LogP contribution in [0.25, 0.3) is 21.9 Å². The van der Waals surface area contributed by atoms with Crippen LogP contribution in [0.4, 0.5) is 0 Å². The Morgan fingerprint density at radius 1 is 1.12 bits per heavy atom. The summed E-state index contributed by atoms with van der Waals surface area (Å²) in [5, 5.41) is 10.3. The lowest BCUT2D eigenvalue weighted by atomic mass is 10.1. The number of rotatable bonds is 0. The smallest absolute Gasteiger partial charge is 0.200 e. The van der Waals surface area contributed by atoms with Gasteiger partial charge >= 0.3 is 0 Å². The largest absolute Gasteiger partial charge is 0.508 e. The molecule has 3 rings (SSSR count). The SMILES string of the molecule is O=c1c2cc(O)ccc2oc2c(Br)cccc12. The van der Waals surface area contributed by atoms with Crippen molar-refractivity contribution in [2.24, 2.45) is 0 Å². The normalized spacial score (nSPS) is 11.1. The van der Waals surface area contributed by atoms with Crippen LogP contribution in [0.15, 0.2) is 50.1 Å². The molecule has 1 aromatic heterocycles. The van der Waals surface area contributed by atoms with Gasteiger partial charge in [0.25, 0.3) is 0 Å². The second-order valence-corrected chi connectivity index (χ2v) is 4.58. The Morgan fingerprint density at radius 3 is 2.76 bits per heavy atom. The van der Waals surface area contributed by atoms with Gasteiger partial charge in [-0.2, -0.15) is 0 Å². The molecule has 0 fully saturated rings. The molecule has 0 amide bonds. The third-order valence-corrected chi connectivity index (χ3v) is 3.26. The third-order valence-electron chi connectivity index (χ3n) is 2.63. The number of phenolic OH excluding ortho intramolecular Hbond substituents is 1. The molecule has 4 heteroatoms. The zero-order valence-corrected chi connectivity index (χ0v) is 10.2. The van der Waals surface area contributed by atoms with E-state index < -0.39 is 0 Å². The molecule has 0 radical (unpaired) electrons. The summed E-state index contributed by atoms with van der Waals surface area (Å²) in [6.45, 7) is 0. The van der Waals surface area contributed by atoms with Crippen molar-refractivity contribution in [3.05, 3.63) is 51.1 Å². The summed E-state index contributed by atoms with van der Waals surface area (Å²) in [6, 6.07) is 9.80. The average molecular weight is 291 g/mol. The average Bonchev–Trinajstić information content (AvgIpc) is 2.32. The molecule has 1 N–H and O–H groups in total. The van der Waals surface area contributed by atoms with Crippen LogP contribution in [-0.2, 0) is 0 Å². The number of halogens is 1. The van der Waals surface area contributed by atoms with E-state index in [4.69, 9.17) is 4.42 Å². The van der Waals surface area contributed by atoms with E-state index in [-0.39, 0.29) is 11.2 Å². The first-order chi connectivity index (χ1) is 8.16. The number of hydrogen-bond donors (Lipinski definition) is 1. The fourth-order valence-electron chi connectivity index (χ4n) is 1.83. The zero-order valence-electron chi connectivity index (χ0n) is 8.61. The van der Waals surface area contributed by atoms with E-state index in [0.717, 1.165) is 4.47 Å². The molecule has 17 heavy (non-hydrogen) atoms. The van der Waals surface area contributed by atoms with E-state index >= 15 is 0 Å². The molecule has 0 bridgehead atoms. The first kappa shape index (κ1) is 10.4. The van der Waals surface area contributed by atoms with Crippen molar-refractivity contribution in [1.29, 1.82) is 0 Å². The molecular weight excluding hydrogens is 284 g/mol. The molecule has 0 saturated carbocycles. The predicted molar refractivity (Wildman–Crippen MR) is 69.4 cm³/mol. The molecule has 0 aliphatic rings. The highest BCUT2D eigenvalue weighted by Crippen LogP contribution is 2.26. The molecule has 0 aliphatic heterocycles. The number of para-hydroxylation sites is 1. The third kappa shape index (κ3) is 1.52. The molecule has 2 aromatic carbocycles. The van der Waals surface area contributed by atoms with Crippen LogP contribution >= 0.6 is 15.9 Å². The van der Waals surface area contributed by atoms with Gasteiger partial charge in [0.2, 0.25) is 5.43 Å². The Labute approximate surface area is 104 Å². The van der Waals surface area contributed by atoms with Crippen LogP contribution in [0.5, 0.6) is 5.75 Å². The molecule has 0 saturated heterocycles. The summed E-state index contributed by atoms with van der Waals surface area (Å²) in [5.41, 5.74) is 0.848. The second kappa shape index (κ2) is 3.60. The molecule has 0 aliphatic carbocycles. The van der Waals surface area contributed by atoms with Gasteiger partial charge in [0.15, 0.2) is 5.58 Å². The lowest BCUT2D eigenvalue weighted by molar-refractivity contribution is 0.475. The Bertz CT molecular complexity index is 783. The highest BCUT2D eigenvalue weighted by atomic mass is 79.9. The minimum Gasteiger partial charge on any atom is -0.508 e. The van der Waals surface area contributed by atoms with E-state index in [1.54, 1.807) is 18.2 Å². The molecule has 1 heterocycles. The molecule has 3 aromatic rings. The molecule has 0 unspecified atom stereocenters. The summed E-state index contributed by atoms with van der Waals surface area (Å²) >= 11 is 3.35. The summed E-state index contributed by atoms with van der Waals surface area (Å²) in [7, 11) is 0. The van der Waals surface area contributed by atoms with E-state index in [9.17, 15) is 9.90 Å². The Hall–Kier alpha value is -1.81. The number of aromatic hydroxyl groups is 1. The first-order valence-electron chi connectivity index (χ1n) is 5.01. The minimum absolute atomic E-state index is 0.0548. The van der Waals surface area contributed by atoms with Crippen molar-refractivity contribution in [2.75, 3.05) is 0 Å². The second-order valence-electron chi connectivity index (χ2n) is 3.73. The van der Waals surface area contributed by atoms with Crippen LogP contribution in [0, 0.1) is 0 Å². The highest BCUT2D eigenvalue weighted by molar-refractivity contribution is 9.10. The zero-order chi connectivity index (χ0) is 12.0. The fraction of sp³-hybridized carbons (Fsp3) is 0. The standard InChI is InChI=1S/C13H7BrO3/c14-10-3-1-2-8-12(16)9-6-7(15)4-5-11(9)17-13(8)10/h1-6,15H. The van der Waals surface area contributed by atoms with Gasteiger partial charge in [-0.15, -0.1) is 0 Å². The lowest BCUT2D eigenvalue weighted by Crippen LogP contribution is -2.01. The molecule has 0 spiro atoms. The van der Waals surface area contributed by atoms with Crippen molar-refractivity contribution in [2.45, 2.75) is 0 Å². The van der Waals surface area contributed by atoms with Crippen LogP contribution in [0.3, 0.4) is 0 Å². The number of fused-ring (bicyclic) bond motifs is 2. The maximum atomic E-state index is 12.2. The van der Waals surface area contributed by atoms with Crippen molar-refractivity contribution in [1.82, 2.24) is 0 Å².